The van der Waals surface area contributed by atoms with Crippen LogP contribution in [0.4, 0.5) is 11.4 Å². The molecule has 1 aromatic carbocycles. The zero-order chi connectivity index (χ0) is 15.8. The number of anilines is 1. The molecule has 0 unspecified atom stereocenters. The first-order valence-corrected chi connectivity index (χ1v) is 6.48. The lowest BCUT2D eigenvalue weighted by molar-refractivity contribution is -0.384. The molecule has 0 aliphatic heterocycles. The van der Waals surface area contributed by atoms with Crippen LogP contribution in [0, 0.1) is 10.1 Å². The van der Waals surface area contributed by atoms with E-state index in [1.807, 2.05) is 0 Å². The van der Waals surface area contributed by atoms with Gasteiger partial charge >= 0.3 is 5.97 Å². The highest BCUT2D eigenvalue weighted by molar-refractivity contribution is 5.95. The van der Waals surface area contributed by atoms with Crippen molar-refractivity contribution in [3.05, 3.63) is 33.9 Å². The number of amides is 1. The minimum Gasteiger partial charge on any atom is -0.481 e. The zero-order valence-electron chi connectivity index (χ0n) is 11.6. The van der Waals surface area contributed by atoms with Gasteiger partial charge in [0.15, 0.2) is 0 Å². The highest BCUT2D eigenvalue weighted by atomic mass is 16.6. The van der Waals surface area contributed by atoms with Crippen LogP contribution in [-0.4, -0.2) is 35.0 Å². The van der Waals surface area contributed by atoms with Gasteiger partial charge in [0.05, 0.1) is 4.92 Å². The fraction of sp³-hybridized carbons (Fsp3) is 0.385. The fourth-order valence-corrected chi connectivity index (χ4v) is 1.70. The number of carbonyl (C=O) groups excluding carboxylic acids is 1. The molecule has 21 heavy (non-hydrogen) atoms. The van der Waals surface area contributed by atoms with E-state index in [0.29, 0.717) is 18.5 Å². The SMILES string of the molecule is CCNC(=O)c1ccc([N+](=O)[O-])c(NCCCC(=O)O)c1. The van der Waals surface area contributed by atoms with Crippen LogP contribution in [0.2, 0.25) is 0 Å². The quantitative estimate of drug-likeness (QED) is 0.380. The number of hydrogen-bond acceptors (Lipinski definition) is 5. The minimum absolute atomic E-state index is 0.0309. The van der Waals surface area contributed by atoms with E-state index in [9.17, 15) is 19.7 Å². The van der Waals surface area contributed by atoms with Crippen molar-refractivity contribution in [2.75, 3.05) is 18.4 Å². The van der Waals surface area contributed by atoms with Crippen molar-refractivity contribution < 1.29 is 19.6 Å². The smallest absolute Gasteiger partial charge is 0.303 e. The van der Waals surface area contributed by atoms with Crippen LogP contribution in [0.15, 0.2) is 18.2 Å². The van der Waals surface area contributed by atoms with E-state index >= 15 is 0 Å². The van der Waals surface area contributed by atoms with Crippen LogP contribution in [0.1, 0.15) is 30.1 Å². The van der Waals surface area contributed by atoms with Gasteiger partial charge in [0.1, 0.15) is 5.69 Å². The number of hydrogen-bond donors (Lipinski definition) is 3. The Morgan fingerprint density at radius 3 is 2.67 bits per heavy atom. The summed E-state index contributed by atoms with van der Waals surface area (Å²) in [5, 5.41) is 24.9. The first kappa shape index (κ1) is 16.4. The Labute approximate surface area is 121 Å². The molecule has 0 aromatic heterocycles. The van der Waals surface area contributed by atoms with Gasteiger partial charge in [0.2, 0.25) is 0 Å². The van der Waals surface area contributed by atoms with Crippen LogP contribution >= 0.6 is 0 Å². The summed E-state index contributed by atoms with van der Waals surface area (Å²) in [6.45, 7) is 2.50. The van der Waals surface area contributed by atoms with E-state index < -0.39 is 10.9 Å². The maximum atomic E-state index is 11.7. The third-order valence-electron chi connectivity index (χ3n) is 2.68. The number of nitro benzene ring substituents is 1. The number of carboxylic acids is 1. The summed E-state index contributed by atoms with van der Waals surface area (Å²) in [6, 6.07) is 4.03. The molecule has 8 heteroatoms. The predicted octanol–water partition coefficient (Wildman–Crippen LogP) is 1.62. The van der Waals surface area contributed by atoms with Crippen molar-refractivity contribution in [2.45, 2.75) is 19.8 Å². The minimum atomic E-state index is -0.928. The van der Waals surface area contributed by atoms with E-state index in [1.165, 1.54) is 18.2 Å². The van der Waals surface area contributed by atoms with Gasteiger partial charge in [-0.2, -0.15) is 0 Å². The molecule has 1 amide bonds. The first-order chi connectivity index (χ1) is 9.95. The van der Waals surface area contributed by atoms with E-state index in [2.05, 4.69) is 10.6 Å². The molecule has 0 fully saturated rings. The van der Waals surface area contributed by atoms with Gasteiger partial charge in [-0.3, -0.25) is 19.7 Å². The summed E-state index contributed by atoms with van der Waals surface area (Å²) >= 11 is 0. The Morgan fingerprint density at radius 2 is 2.10 bits per heavy atom. The maximum absolute atomic E-state index is 11.7. The van der Waals surface area contributed by atoms with Crippen LogP contribution in [0.25, 0.3) is 0 Å². The largest absolute Gasteiger partial charge is 0.481 e. The fourth-order valence-electron chi connectivity index (χ4n) is 1.70. The van der Waals surface area contributed by atoms with Gasteiger partial charge in [-0.1, -0.05) is 0 Å². The standard InChI is InChI=1S/C13H17N3O5/c1-2-14-13(19)9-5-6-11(16(20)21)10(8-9)15-7-3-4-12(17)18/h5-6,8,15H,2-4,7H2,1H3,(H,14,19)(H,17,18). The summed E-state index contributed by atoms with van der Waals surface area (Å²) in [4.78, 5) is 32.5. The van der Waals surface area contributed by atoms with Crippen LogP contribution in [0.3, 0.4) is 0 Å². The highest BCUT2D eigenvalue weighted by Crippen LogP contribution is 2.25. The molecule has 3 N–H and O–H groups in total. The molecule has 0 radical (unpaired) electrons. The van der Waals surface area contributed by atoms with Crippen molar-refractivity contribution in [3.63, 3.8) is 0 Å². The lowest BCUT2D eigenvalue weighted by Crippen LogP contribution is -2.22. The molecule has 114 valence electrons. The van der Waals surface area contributed by atoms with Crippen LogP contribution < -0.4 is 10.6 Å². The third kappa shape index (κ3) is 5.09. The van der Waals surface area contributed by atoms with Crippen LogP contribution in [-0.2, 0) is 4.79 Å². The molecule has 0 saturated carbocycles. The number of rotatable bonds is 8. The van der Waals surface area contributed by atoms with Gasteiger partial charge in [0, 0.05) is 31.1 Å². The number of aliphatic carboxylic acids is 1. The Kier molecular flexibility index (Phi) is 6.12. The normalized spacial score (nSPS) is 9.95. The average molecular weight is 295 g/mol. The summed E-state index contributed by atoms with van der Waals surface area (Å²) in [5.41, 5.74) is 0.357. The number of nitrogens with one attached hydrogen (secondary N) is 2. The van der Waals surface area contributed by atoms with Crippen molar-refractivity contribution in [1.82, 2.24) is 5.32 Å². The monoisotopic (exact) mass is 295 g/mol. The second-order valence-corrected chi connectivity index (χ2v) is 4.27. The molecule has 0 aliphatic carbocycles. The summed E-state index contributed by atoms with van der Waals surface area (Å²) in [5.74, 6) is -1.25. The number of carbonyl (C=O) groups is 2. The Morgan fingerprint density at radius 1 is 1.38 bits per heavy atom. The van der Waals surface area contributed by atoms with Gasteiger partial charge in [0.25, 0.3) is 11.6 Å². The van der Waals surface area contributed by atoms with Crippen molar-refractivity contribution in [2.24, 2.45) is 0 Å². The third-order valence-corrected chi connectivity index (χ3v) is 2.68. The lowest BCUT2D eigenvalue weighted by Gasteiger charge is -2.09. The maximum Gasteiger partial charge on any atom is 0.303 e. The number of nitrogens with zero attached hydrogens (tertiary/aromatic N) is 1. The number of nitro groups is 1. The molecule has 0 aliphatic rings. The molecular formula is C13H17N3O5. The zero-order valence-corrected chi connectivity index (χ0v) is 11.6. The molecule has 0 saturated heterocycles. The Hall–Kier alpha value is -2.64. The van der Waals surface area contributed by atoms with E-state index in [-0.39, 0.29) is 30.2 Å². The Balaban J connectivity index is 2.86. The number of carboxylic acid groups (broad SMARTS) is 1. The predicted molar refractivity (Wildman–Crippen MR) is 76.5 cm³/mol. The molecule has 0 atom stereocenters. The van der Waals surface area contributed by atoms with Gasteiger partial charge in [-0.25, -0.2) is 0 Å². The van der Waals surface area contributed by atoms with E-state index in [4.69, 9.17) is 5.11 Å². The Bertz CT molecular complexity index is 545. The molecular weight excluding hydrogens is 278 g/mol. The lowest BCUT2D eigenvalue weighted by atomic mass is 10.1. The van der Waals surface area contributed by atoms with Crippen molar-refractivity contribution in [1.29, 1.82) is 0 Å². The highest BCUT2D eigenvalue weighted by Gasteiger charge is 2.16. The molecule has 8 nitrogen and oxygen atoms in total. The molecule has 0 spiro atoms. The summed E-state index contributed by atoms with van der Waals surface area (Å²) in [6.07, 6.45) is 0.300. The first-order valence-electron chi connectivity index (χ1n) is 6.48. The molecule has 1 rings (SSSR count). The molecule has 1 aromatic rings. The average Bonchev–Trinajstić information content (AvgIpc) is 2.43. The topological polar surface area (TPSA) is 122 Å². The molecule has 0 bridgehead atoms. The summed E-state index contributed by atoms with van der Waals surface area (Å²) < 4.78 is 0. The van der Waals surface area contributed by atoms with Gasteiger partial charge < -0.3 is 15.7 Å². The van der Waals surface area contributed by atoms with Gasteiger partial charge in [-0.05, 0) is 25.5 Å². The second kappa shape index (κ2) is 7.83. The van der Waals surface area contributed by atoms with Crippen molar-refractivity contribution in [3.8, 4) is 0 Å². The van der Waals surface area contributed by atoms with E-state index in [0.717, 1.165) is 0 Å². The van der Waals surface area contributed by atoms with E-state index in [1.54, 1.807) is 6.92 Å². The molecule has 0 heterocycles. The summed E-state index contributed by atoms with van der Waals surface area (Å²) in [7, 11) is 0. The van der Waals surface area contributed by atoms with Gasteiger partial charge in [-0.15, -0.1) is 0 Å². The van der Waals surface area contributed by atoms with Crippen molar-refractivity contribution >= 4 is 23.3 Å². The number of benzene rings is 1. The second-order valence-electron chi connectivity index (χ2n) is 4.27. The van der Waals surface area contributed by atoms with Crippen LogP contribution in [0.5, 0.6) is 0 Å².